The molecule has 1 aromatic heterocycles. The Balaban J connectivity index is 2.84. The Kier molecular flexibility index (Phi) is 2.61. The van der Waals surface area contributed by atoms with Crippen LogP contribution >= 0.6 is 15.9 Å². The van der Waals surface area contributed by atoms with Crippen LogP contribution in [0.4, 0.5) is 10.1 Å². The number of aryl methyl sites for hydroxylation is 1. The summed E-state index contributed by atoms with van der Waals surface area (Å²) in [6.45, 7) is 1.89. The predicted molar refractivity (Wildman–Crippen MR) is 63.7 cm³/mol. The van der Waals surface area contributed by atoms with E-state index in [-0.39, 0.29) is 5.82 Å². The minimum Gasteiger partial charge on any atom is -0.388 e. The van der Waals surface area contributed by atoms with Crippen LogP contribution in [0.25, 0.3) is 10.9 Å². The zero-order valence-corrected chi connectivity index (χ0v) is 10.0. The van der Waals surface area contributed by atoms with Gasteiger partial charge in [-0.1, -0.05) is 0 Å². The van der Waals surface area contributed by atoms with Crippen LogP contribution in [-0.4, -0.2) is 12.0 Å². The maximum absolute atomic E-state index is 13.3. The smallest absolute Gasteiger partial charge is 0.139 e. The first-order valence-electron chi connectivity index (χ1n) is 4.56. The molecule has 1 N–H and O–H groups in total. The van der Waals surface area contributed by atoms with E-state index in [1.165, 1.54) is 6.07 Å². The molecule has 2 rings (SSSR count). The van der Waals surface area contributed by atoms with Crippen molar-refractivity contribution in [3.05, 3.63) is 34.2 Å². The molecule has 0 aliphatic heterocycles. The second kappa shape index (κ2) is 3.77. The van der Waals surface area contributed by atoms with Crippen LogP contribution in [-0.2, 0) is 0 Å². The monoisotopic (exact) mass is 268 g/mol. The molecule has 0 amide bonds. The number of nitrogens with one attached hydrogen (secondary N) is 1. The van der Waals surface area contributed by atoms with E-state index in [1.807, 2.05) is 20.0 Å². The summed E-state index contributed by atoms with van der Waals surface area (Å²) in [5, 5.41) is 3.99. The normalized spacial score (nSPS) is 10.7. The zero-order valence-electron chi connectivity index (χ0n) is 8.44. The summed E-state index contributed by atoms with van der Waals surface area (Å²) in [6.07, 6.45) is 0. The van der Waals surface area contributed by atoms with Crippen molar-refractivity contribution in [2.45, 2.75) is 6.92 Å². The number of halogens is 2. The highest BCUT2D eigenvalue weighted by atomic mass is 79.9. The summed E-state index contributed by atoms with van der Waals surface area (Å²) in [5.41, 5.74) is 2.49. The Morgan fingerprint density at radius 3 is 2.73 bits per heavy atom. The van der Waals surface area contributed by atoms with Crippen molar-refractivity contribution in [1.29, 1.82) is 0 Å². The molecule has 0 atom stereocenters. The molecule has 1 aromatic carbocycles. The first-order valence-corrected chi connectivity index (χ1v) is 5.35. The minimum absolute atomic E-state index is 0.289. The summed E-state index contributed by atoms with van der Waals surface area (Å²) in [4.78, 5) is 4.29. The molecule has 0 unspecified atom stereocenters. The second-order valence-electron chi connectivity index (χ2n) is 3.34. The van der Waals surface area contributed by atoms with Gasteiger partial charge in [-0.15, -0.1) is 0 Å². The van der Waals surface area contributed by atoms with E-state index in [1.54, 1.807) is 6.07 Å². The van der Waals surface area contributed by atoms with Crippen molar-refractivity contribution in [3.63, 3.8) is 0 Å². The lowest BCUT2D eigenvalue weighted by atomic mass is 10.1. The van der Waals surface area contributed by atoms with Gasteiger partial charge in [-0.3, -0.25) is 4.98 Å². The molecule has 4 heteroatoms. The fraction of sp³-hybridized carbons (Fsp3) is 0.182. The molecule has 0 aliphatic carbocycles. The highest BCUT2D eigenvalue weighted by Crippen LogP contribution is 2.28. The van der Waals surface area contributed by atoms with E-state index < -0.39 is 0 Å². The van der Waals surface area contributed by atoms with Gasteiger partial charge in [0.1, 0.15) is 5.82 Å². The van der Waals surface area contributed by atoms with Crippen molar-refractivity contribution in [2.24, 2.45) is 0 Å². The molecule has 0 fully saturated rings. The molecule has 2 aromatic rings. The van der Waals surface area contributed by atoms with E-state index in [2.05, 4.69) is 26.2 Å². The molecular weight excluding hydrogens is 259 g/mol. The van der Waals surface area contributed by atoms with Gasteiger partial charge in [0.15, 0.2) is 0 Å². The number of anilines is 1. The van der Waals surface area contributed by atoms with E-state index >= 15 is 0 Å². The summed E-state index contributed by atoms with van der Waals surface area (Å²) in [5.74, 6) is -0.289. The van der Waals surface area contributed by atoms with Crippen molar-refractivity contribution in [2.75, 3.05) is 12.4 Å². The van der Waals surface area contributed by atoms with Crippen LogP contribution in [0, 0.1) is 12.7 Å². The van der Waals surface area contributed by atoms with Crippen molar-refractivity contribution in [3.8, 4) is 0 Å². The lowest BCUT2D eigenvalue weighted by molar-refractivity contribution is 0.623. The van der Waals surface area contributed by atoms with E-state index in [4.69, 9.17) is 0 Å². The summed E-state index contributed by atoms with van der Waals surface area (Å²) < 4.78 is 13.8. The van der Waals surface area contributed by atoms with Crippen LogP contribution in [0.3, 0.4) is 0 Å². The maximum Gasteiger partial charge on any atom is 0.139 e. The third-order valence-corrected chi connectivity index (χ3v) is 2.86. The number of hydrogen-bond donors (Lipinski definition) is 1. The van der Waals surface area contributed by atoms with Crippen LogP contribution in [0.15, 0.2) is 22.7 Å². The van der Waals surface area contributed by atoms with Gasteiger partial charge in [0, 0.05) is 29.9 Å². The van der Waals surface area contributed by atoms with Crippen LogP contribution < -0.4 is 5.32 Å². The van der Waals surface area contributed by atoms with Gasteiger partial charge >= 0.3 is 0 Å². The quantitative estimate of drug-likeness (QED) is 0.857. The highest BCUT2D eigenvalue weighted by Gasteiger charge is 2.07. The van der Waals surface area contributed by atoms with Gasteiger partial charge in [0.2, 0.25) is 0 Å². The standard InChI is InChI=1S/C11H10BrFN2/c1-6-3-10(14-2)7-4-8(12)9(13)5-11(7)15-6/h3-5H,1-2H3,(H,14,15). The number of fused-ring (bicyclic) bond motifs is 1. The first-order chi connectivity index (χ1) is 7.11. The average Bonchev–Trinajstić information content (AvgIpc) is 2.19. The summed E-state index contributed by atoms with van der Waals surface area (Å²) in [7, 11) is 1.84. The van der Waals surface area contributed by atoms with Crippen LogP contribution in [0.5, 0.6) is 0 Å². The fourth-order valence-electron chi connectivity index (χ4n) is 1.56. The van der Waals surface area contributed by atoms with Gasteiger partial charge < -0.3 is 5.32 Å². The largest absolute Gasteiger partial charge is 0.388 e. The van der Waals surface area contributed by atoms with Gasteiger partial charge in [0.05, 0.1) is 9.99 Å². The van der Waals surface area contributed by atoms with Crippen LogP contribution in [0.1, 0.15) is 5.69 Å². The Labute approximate surface area is 95.6 Å². The SMILES string of the molecule is CNc1cc(C)nc2cc(F)c(Br)cc12. The molecule has 0 saturated carbocycles. The number of pyridine rings is 1. The van der Waals surface area contributed by atoms with E-state index in [0.717, 1.165) is 16.8 Å². The molecule has 78 valence electrons. The van der Waals surface area contributed by atoms with Gasteiger partial charge in [-0.05, 0) is 35.0 Å². The Bertz CT molecular complexity index is 525. The Hall–Kier alpha value is -1.16. The van der Waals surface area contributed by atoms with Gasteiger partial charge in [0.25, 0.3) is 0 Å². The van der Waals surface area contributed by atoms with Gasteiger partial charge in [-0.2, -0.15) is 0 Å². The Morgan fingerprint density at radius 2 is 2.07 bits per heavy atom. The first kappa shape index (κ1) is 10.4. The molecule has 0 bridgehead atoms. The third kappa shape index (κ3) is 1.81. The maximum atomic E-state index is 13.3. The second-order valence-corrected chi connectivity index (χ2v) is 4.20. The van der Waals surface area contributed by atoms with Crippen molar-refractivity contribution >= 4 is 32.5 Å². The lowest BCUT2D eigenvalue weighted by Gasteiger charge is -2.07. The van der Waals surface area contributed by atoms with E-state index in [9.17, 15) is 4.39 Å². The summed E-state index contributed by atoms with van der Waals surface area (Å²) in [6, 6.07) is 5.11. The topological polar surface area (TPSA) is 24.9 Å². The highest BCUT2D eigenvalue weighted by molar-refractivity contribution is 9.10. The number of nitrogens with zero attached hydrogens (tertiary/aromatic N) is 1. The average molecular weight is 269 g/mol. The molecule has 0 radical (unpaired) electrons. The predicted octanol–water partition coefficient (Wildman–Crippen LogP) is 3.49. The minimum atomic E-state index is -0.289. The van der Waals surface area contributed by atoms with Crippen molar-refractivity contribution < 1.29 is 4.39 Å². The number of hydrogen-bond acceptors (Lipinski definition) is 2. The number of rotatable bonds is 1. The molecule has 0 spiro atoms. The van der Waals surface area contributed by atoms with E-state index in [0.29, 0.717) is 9.99 Å². The Morgan fingerprint density at radius 1 is 1.33 bits per heavy atom. The molecule has 2 nitrogen and oxygen atoms in total. The zero-order chi connectivity index (χ0) is 11.0. The number of benzene rings is 1. The molecule has 1 heterocycles. The fourth-order valence-corrected chi connectivity index (χ4v) is 1.90. The number of aromatic nitrogens is 1. The third-order valence-electron chi connectivity index (χ3n) is 2.25. The molecule has 0 saturated heterocycles. The van der Waals surface area contributed by atoms with Crippen molar-refractivity contribution in [1.82, 2.24) is 4.98 Å². The molecular formula is C11H10BrFN2. The van der Waals surface area contributed by atoms with Crippen LogP contribution in [0.2, 0.25) is 0 Å². The van der Waals surface area contributed by atoms with Gasteiger partial charge in [-0.25, -0.2) is 4.39 Å². The molecule has 0 aliphatic rings. The molecule has 15 heavy (non-hydrogen) atoms. The summed E-state index contributed by atoms with van der Waals surface area (Å²) >= 11 is 3.17. The lowest BCUT2D eigenvalue weighted by Crippen LogP contribution is -1.94.